The SMILES string of the molecule is Cc1ccc[n+](-c2nc3ccccc3nc2N=S(=O)(O)c2cccc([N+](=O)[O-])c2)c1. The fraction of sp³-hybridized carbons (Fsp3) is 0.0500. The molecule has 0 aliphatic heterocycles. The molecule has 2 aromatic carbocycles. The van der Waals surface area contributed by atoms with Gasteiger partial charge in [0, 0.05) is 12.1 Å². The predicted octanol–water partition coefficient (Wildman–Crippen LogP) is 3.75. The summed E-state index contributed by atoms with van der Waals surface area (Å²) in [6, 6.07) is 15.7. The van der Waals surface area contributed by atoms with Crippen LogP contribution in [-0.2, 0) is 10.0 Å². The largest absolute Gasteiger partial charge is 0.374 e. The second-order valence-electron chi connectivity index (χ2n) is 6.49. The Bertz CT molecular complexity index is 1410. The van der Waals surface area contributed by atoms with E-state index in [2.05, 4.69) is 14.3 Å². The number of nitrogens with zero attached hydrogens (tertiary/aromatic N) is 5. The van der Waals surface area contributed by atoms with Crippen LogP contribution in [-0.4, -0.2) is 23.7 Å². The number of nitro benzene ring substituents is 1. The van der Waals surface area contributed by atoms with Crippen molar-refractivity contribution < 1.29 is 18.3 Å². The molecule has 1 N–H and O–H groups in total. The average molecular weight is 422 g/mol. The smallest absolute Gasteiger partial charge is 0.296 e. The van der Waals surface area contributed by atoms with Crippen LogP contribution >= 0.6 is 0 Å². The van der Waals surface area contributed by atoms with Crippen LogP contribution in [0, 0.1) is 17.0 Å². The molecule has 2 heterocycles. The summed E-state index contributed by atoms with van der Waals surface area (Å²) in [5.41, 5.74) is 1.74. The normalized spacial score (nSPS) is 13.0. The molecule has 0 aliphatic rings. The van der Waals surface area contributed by atoms with Crippen molar-refractivity contribution in [2.45, 2.75) is 11.8 Å². The Kier molecular flexibility index (Phi) is 4.94. The summed E-state index contributed by atoms with van der Waals surface area (Å²) in [7, 11) is -4.02. The lowest BCUT2D eigenvalue weighted by atomic mass is 10.3. The summed E-state index contributed by atoms with van der Waals surface area (Å²) < 4.78 is 29.3. The number of fused-ring (bicyclic) bond motifs is 1. The predicted molar refractivity (Wildman–Crippen MR) is 110 cm³/mol. The van der Waals surface area contributed by atoms with Crippen molar-refractivity contribution in [2.24, 2.45) is 4.36 Å². The summed E-state index contributed by atoms with van der Waals surface area (Å²) in [6.07, 6.45) is 3.53. The van der Waals surface area contributed by atoms with Gasteiger partial charge >= 0.3 is 5.82 Å². The van der Waals surface area contributed by atoms with E-state index in [4.69, 9.17) is 0 Å². The molecule has 9 nitrogen and oxygen atoms in total. The van der Waals surface area contributed by atoms with Gasteiger partial charge in [0.25, 0.3) is 11.5 Å². The van der Waals surface area contributed by atoms with Gasteiger partial charge in [0.1, 0.15) is 5.52 Å². The standard InChI is InChI=1S/C20H15N5O4S/c1-14-6-5-11-24(13-14)20-19(21-17-9-2-3-10-18(17)22-20)23-30(28,29)16-8-4-7-15(12-16)25(26)27/h2-13H,1H3/p+1. The molecule has 30 heavy (non-hydrogen) atoms. The van der Waals surface area contributed by atoms with Crippen molar-refractivity contribution in [3.63, 3.8) is 0 Å². The third-order valence-electron chi connectivity index (χ3n) is 4.27. The van der Waals surface area contributed by atoms with E-state index in [1.54, 1.807) is 35.2 Å². The van der Waals surface area contributed by atoms with Crippen LogP contribution in [0.4, 0.5) is 11.5 Å². The van der Waals surface area contributed by atoms with Gasteiger partial charge in [-0.2, -0.15) is 4.57 Å². The average Bonchev–Trinajstić information content (AvgIpc) is 2.73. The molecule has 4 rings (SSSR count). The van der Waals surface area contributed by atoms with Crippen molar-refractivity contribution in [2.75, 3.05) is 0 Å². The van der Waals surface area contributed by atoms with Crippen LogP contribution in [0.25, 0.3) is 16.9 Å². The molecule has 4 aromatic rings. The molecule has 1 atom stereocenters. The van der Waals surface area contributed by atoms with Crippen molar-refractivity contribution in [3.8, 4) is 5.82 Å². The minimum Gasteiger partial charge on any atom is -0.296 e. The Morgan fingerprint density at radius 3 is 2.50 bits per heavy atom. The van der Waals surface area contributed by atoms with Gasteiger partial charge in [-0.1, -0.05) is 24.3 Å². The zero-order valence-corrected chi connectivity index (χ0v) is 16.6. The number of para-hydroxylation sites is 2. The minimum atomic E-state index is -4.02. The molecule has 1 unspecified atom stereocenters. The van der Waals surface area contributed by atoms with E-state index >= 15 is 0 Å². The van der Waals surface area contributed by atoms with E-state index in [1.165, 1.54) is 18.2 Å². The van der Waals surface area contributed by atoms with Gasteiger partial charge in [-0.15, -0.1) is 4.36 Å². The number of aryl methyl sites for hydroxylation is 1. The molecule has 0 radical (unpaired) electrons. The maximum atomic E-state index is 13.0. The minimum absolute atomic E-state index is 0.0525. The molecule has 0 bridgehead atoms. The van der Waals surface area contributed by atoms with Crippen LogP contribution < -0.4 is 4.57 Å². The summed E-state index contributed by atoms with van der Waals surface area (Å²) in [6.45, 7) is 1.90. The maximum absolute atomic E-state index is 13.0. The zero-order chi connectivity index (χ0) is 21.3. The molecule has 0 spiro atoms. The fourth-order valence-corrected chi connectivity index (χ4v) is 3.87. The van der Waals surface area contributed by atoms with Crippen LogP contribution in [0.2, 0.25) is 0 Å². The van der Waals surface area contributed by atoms with Gasteiger partial charge < -0.3 is 0 Å². The molecule has 0 amide bonds. The Labute approximate surface area is 171 Å². The van der Waals surface area contributed by atoms with Crippen molar-refractivity contribution in [1.82, 2.24) is 9.97 Å². The third-order valence-corrected chi connectivity index (χ3v) is 5.56. The number of benzene rings is 2. The Balaban J connectivity index is 1.97. The molecule has 0 fully saturated rings. The quantitative estimate of drug-likeness (QED) is 0.303. The third kappa shape index (κ3) is 3.86. The first-order valence-electron chi connectivity index (χ1n) is 8.83. The molecule has 2 aromatic heterocycles. The number of nitro groups is 1. The molecule has 0 aliphatic carbocycles. The highest BCUT2D eigenvalue weighted by atomic mass is 32.2. The lowest BCUT2D eigenvalue weighted by Gasteiger charge is -2.05. The Morgan fingerprint density at radius 1 is 1.07 bits per heavy atom. The molecule has 150 valence electrons. The summed E-state index contributed by atoms with van der Waals surface area (Å²) in [5.74, 6) is 0.216. The zero-order valence-electron chi connectivity index (χ0n) is 15.7. The van der Waals surface area contributed by atoms with E-state index in [0.717, 1.165) is 11.6 Å². The molecule has 10 heteroatoms. The van der Waals surface area contributed by atoms with E-state index in [-0.39, 0.29) is 22.2 Å². The van der Waals surface area contributed by atoms with Gasteiger partial charge in [-0.3, -0.25) is 14.7 Å². The van der Waals surface area contributed by atoms with Gasteiger partial charge in [-0.25, -0.2) is 9.19 Å². The number of rotatable bonds is 4. The molecular formula is C20H16N5O4S+. The van der Waals surface area contributed by atoms with Gasteiger partial charge in [-0.05, 0) is 41.7 Å². The van der Waals surface area contributed by atoms with Gasteiger partial charge in [0.2, 0.25) is 5.52 Å². The number of hydrogen-bond acceptors (Lipinski definition) is 6. The topological polar surface area (TPSA) is 122 Å². The first kappa shape index (κ1) is 19.6. The van der Waals surface area contributed by atoms with E-state index in [9.17, 15) is 18.9 Å². The second-order valence-corrected chi connectivity index (χ2v) is 8.14. The molecule has 0 saturated heterocycles. The van der Waals surface area contributed by atoms with Crippen LogP contribution in [0.3, 0.4) is 0 Å². The second kappa shape index (κ2) is 7.58. The lowest BCUT2D eigenvalue weighted by Crippen LogP contribution is -2.31. The highest BCUT2D eigenvalue weighted by Crippen LogP contribution is 2.25. The van der Waals surface area contributed by atoms with Crippen molar-refractivity contribution in [1.29, 1.82) is 0 Å². The number of non-ortho nitro benzene ring substituents is 1. The van der Waals surface area contributed by atoms with Crippen LogP contribution in [0.5, 0.6) is 0 Å². The van der Waals surface area contributed by atoms with E-state index in [0.29, 0.717) is 11.0 Å². The number of hydrogen-bond donors (Lipinski definition) is 1. The highest BCUT2D eigenvalue weighted by molar-refractivity contribution is 7.88. The number of aromatic nitrogens is 3. The molecular weight excluding hydrogens is 406 g/mol. The summed E-state index contributed by atoms with van der Waals surface area (Å²) >= 11 is 0. The maximum Gasteiger partial charge on any atom is 0.374 e. The van der Waals surface area contributed by atoms with Crippen molar-refractivity contribution in [3.05, 3.63) is 88.7 Å². The first-order chi connectivity index (χ1) is 14.3. The van der Waals surface area contributed by atoms with E-state index in [1.807, 2.05) is 25.1 Å². The summed E-state index contributed by atoms with van der Waals surface area (Å²) in [4.78, 5) is 19.2. The highest BCUT2D eigenvalue weighted by Gasteiger charge is 2.22. The van der Waals surface area contributed by atoms with E-state index < -0.39 is 14.9 Å². The summed E-state index contributed by atoms with van der Waals surface area (Å²) in [5, 5.41) is 11.0. The van der Waals surface area contributed by atoms with Gasteiger partial charge in [0.05, 0.1) is 22.2 Å². The first-order valence-corrected chi connectivity index (χ1v) is 10.3. The number of pyridine rings is 1. The van der Waals surface area contributed by atoms with Gasteiger partial charge in [0.15, 0.2) is 10.0 Å². The Morgan fingerprint density at radius 2 is 1.80 bits per heavy atom. The fourth-order valence-electron chi connectivity index (χ4n) is 2.87. The monoisotopic (exact) mass is 422 g/mol. The molecule has 0 saturated carbocycles. The van der Waals surface area contributed by atoms with Crippen LogP contribution in [0.15, 0.2) is 82.3 Å². The van der Waals surface area contributed by atoms with Crippen molar-refractivity contribution >= 4 is 32.5 Å². The Hall–Kier alpha value is -3.76. The lowest BCUT2D eigenvalue weighted by molar-refractivity contribution is -0.599. The van der Waals surface area contributed by atoms with Crippen LogP contribution in [0.1, 0.15) is 5.56 Å².